The molecule has 0 aromatic carbocycles. The van der Waals surface area contributed by atoms with Gasteiger partial charge in [0, 0.05) is 19.4 Å². The first-order valence-corrected chi connectivity index (χ1v) is 5.50. The van der Waals surface area contributed by atoms with Crippen molar-refractivity contribution < 1.29 is 0 Å². The summed E-state index contributed by atoms with van der Waals surface area (Å²) in [7, 11) is 2.08. The highest BCUT2D eigenvalue weighted by atomic mass is 15.5. The molecule has 0 bridgehead atoms. The maximum absolute atomic E-state index is 4.83. The van der Waals surface area contributed by atoms with Crippen LogP contribution in [0, 0.1) is 0 Å². The predicted octanol–water partition coefficient (Wildman–Crippen LogP) is 1.78. The molecule has 0 aromatic rings. The van der Waals surface area contributed by atoms with Gasteiger partial charge in [-0.3, -0.25) is 0 Å². The summed E-state index contributed by atoms with van der Waals surface area (Å²) in [6.07, 6.45) is 9.53. The third kappa shape index (κ3) is 0.851. The number of nitrogens with zero attached hydrogens (tertiary/aromatic N) is 3. The van der Waals surface area contributed by atoms with Gasteiger partial charge in [-0.05, 0) is 19.8 Å². The normalized spacial score (nSPS) is 39.9. The summed E-state index contributed by atoms with van der Waals surface area (Å²) in [5.41, 5.74) is 0.273. The average molecular weight is 191 g/mol. The molecule has 1 aliphatic carbocycles. The minimum atomic E-state index is 0.273. The zero-order chi connectivity index (χ0) is 9.76. The first-order chi connectivity index (χ1) is 6.72. The van der Waals surface area contributed by atoms with Gasteiger partial charge in [-0.25, -0.2) is 4.99 Å². The van der Waals surface area contributed by atoms with Crippen LogP contribution in [0.15, 0.2) is 17.4 Å². The predicted molar refractivity (Wildman–Crippen MR) is 56.8 cm³/mol. The van der Waals surface area contributed by atoms with E-state index in [1.165, 1.54) is 25.7 Å². The molecule has 2 atom stereocenters. The second-order valence-corrected chi connectivity index (χ2v) is 4.83. The minimum absolute atomic E-state index is 0.273. The first-order valence-electron chi connectivity index (χ1n) is 5.50. The highest BCUT2D eigenvalue weighted by molar-refractivity contribution is 5.87. The van der Waals surface area contributed by atoms with Crippen LogP contribution in [-0.2, 0) is 0 Å². The Balaban J connectivity index is 1.99. The van der Waals surface area contributed by atoms with Crippen molar-refractivity contribution >= 4 is 5.96 Å². The van der Waals surface area contributed by atoms with Crippen molar-refractivity contribution in [1.82, 2.24) is 9.80 Å². The summed E-state index contributed by atoms with van der Waals surface area (Å²) < 4.78 is 0. The van der Waals surface area contributed by atoms with Crippen LogP contribution in [0.3, 0.4) is 0 Å². The number of aliphatic imine (C=N–C) groups is 1. The Hall–Kier alpha value is -0.990. The van der Waals surface area contributed by atoms with Crippen molar-refractivity contribution in [3.05, 3.63) is 12.4 Å². The molecular formula is C11H17N3. The van der Waals surface area contributed by atoms with Gasteiger partial charge in [0.1, 0.15) is 0 Å². The van der Waals surface area contributed by atoms with Crippen LogP contribution in [0.5, 0.6) is 0 Å². The molecule has 2 unspecified atom stereocenters. The minimum Gasteiger partial charge on any atom is -0.321 e. The van der Waals surface area contributed by atoms with E-state index >= 15 is 0 Å². The van der Waals surface area contributed by atoms with Gasteiger partial charge in [0.05, 0.1) is 11.6 Å². The van der Waals surface area contributed by atoms with Gasteiger partial charge in [0.25, 0.3) is 0 Å². The fraction of sp³-hybridized carbons (Fsp3) is 0.727. The van der Waals surface area contributed by atoms with Gasteiger partial charge in [-0.2, -0.15) is 0 Å². The third-order valence-electron chi connectivity index (χ3n) is 3.92. The summed E-state index contributed by atoms with van der Waals surface area (Å²) in [5, 5.41) is 0. The maximum atomic E-state index is 4.83. The lowest BCUT2D eigenvalue weighted by Crippen LogP contribution is -2.49. The monoisotopic (exact) mass is 191 g/mol. The van der Waals surface area contributed by atoms with Crippen molar-refractivity contribution in [3.63, 3.8) is 0 Å². The molecule has 0 aromatic heterocycles. The Kier molecular flexibility index (Phi) is 1.50. The topological polar surface area (TPSA) is 18.8 Å². The molecule has 0 radical (unpaired) electrons. The molecule has 76 valence electrons. The molecule has 3 nitrogen and oxygen atoms in total. The van der Waals surface area contributed by atoms with Crippen LogP contribution in [0.1, 0.15) is 32.6 Å². The van der Waals surface area contributed by atoms with Crippen LogP contribution in [0.25, 0.3) is 0 Å². The van der Waals surface area contributed by atoms with Gasteiger partial charge in [0.2, 0.25) is 5.96 Å². The fourth-order valence-corrected chi connectivity index (χ4v) is 2.94. The third-order valence-corrected chi connectivity index (χ3v) is 3.92. The smallest absolute Gasteiger partial charge is 0.205 e. The van der Waals surface area contributed by atoms with E-state index in [2.05, 4.69) is 36.2 Å². The van der Waals surface area contributed by atoms with E-state index in [4.69, 9.17) is 4.99 Å². The second kappa shape index (κ2) is 2.53. The standard InChI is InChI=1S/C11H17N3/c1-11-6-4-3-5-9(11)12-10-13(2)7-8-14(10)11/h7-9H,3-6H2,1-2H3. The molecule has 3 rings (SSSR count). The van der Waals surface area contributed by atoms with Crippen molar-refractivity contribution in [3.8, 4) is 0 Å². The molecule has 0 spiro atoms. The van der Waals surface area contributed by atoms with Crippen LogP contribution in [-0.4, -0.2) is 34.4 Å². The van der Waals surface area contributed by atoms with Gasteiger partial charge in [0.15, 0.2) is 0 Å². The van der Waals surface area contributed by atoms with Crippen molar-refractivity contribution in [2.75, 3.05) is 7.05 Å². The van der Waals surface area contributed by atoms with E-state index in [1.54, 1.807) is 0 Å². The van der Waals surface area contributed by atoms with E-state index in [-0.39, 0.29) is 5.54 Å². The van der Waals surface area contributed by atoms with E-state index in [0.717, 1.165) is 5.96 Å². The van der Waals surface area contributed by atoms with Crippen molar-refractivity contribution in [2.24, 2.45) is 4.99 Å². The zero-order valence-electron chi connectivity index (χ0n) is 8.90. The highest BCUT2D eigenvalue weighted by Gasteiger charge is 2.49. The summed E-state index contributed by atoms with van der Waals surface area (Å²) >= 11 is 0. The van der Waals surface area contributed by atoms with Crippen molar-refractivity contribution in [1.29, 1.82) is 0 Å². The van der Waals surface area contributed by atoms with Gasteiger partial charge in [-0.15, -0.1) is 0 Å². The lowest BCUT2D eigenvalue weighted by molar-refractivity contribution is 0.176. The molecule has 1 saturated carbocycles. The SMILES string of the molecule is CN1C=CN2C1=NC1CCCCC12C. The Labute approximate surface area is 85.1 Å². The van der Waals surface area contributed by atoms with Gasteiger partial charge in [-0.1, -0.05) is 12.8 Å². The Morgan fingerprint density at radius 2 is 2.29 bits per heavy atom. The average Bonchev–Trinajstić information content (AvgIpc) is 2.66. The highest BCUT2D eigenvalue weighted by Crippen LogP contribution is 2.42. The lowest BCUT2D eigenvalue weighted by atomic mass is 9.79. The zero-order valence-corrected chi connectivity index (χ0v) is 8.90. The Bertz CT molecular complexity index is 320. The largest absolute Gasteiger partial charge is 0.321 e. The van der Waals surface area contributed by atoms with Crippen LogP contribution < -0.4 is 0 Å². The molecule has 1 fully saturated rings. The maximum Gasteiger partial charge on any atom is 0.205 e. The van der Waals surface area contributed by atoms with Gasteiger partial charge >= 0.3 is 0 Å². The number of rotatable bonds is 0. The fourth-order valence-electron chi connectivity index (χ4n) is 2.94. The van der Waals surface area contributed by atoms with Crippen LogP contribution in [0.2, 0.25) is 0 Å². The summed E-state index contributed by atoms with van der Waals surface area (Å²) in [5.74, 6) is 1.15. The molecule has 0 N–H and O–H groups in total. The lowest BCUT2D eigenvalue weighted by Gasteiger charge is -2.40. The van der Waals surface area contributed by atoms with E-state index in [0.29, 0.717) is 6.04 Å². The number of hydrogen-bond donors (Lipinski definition) is 0. The van der Waals surface area contributed by atoms with Crippen molar-refractivity contribution in [2.45, 2.75) is 44.2 Å². The summed E-state index contributed by atoms with van der Waals surface area (Å²) in [4.78, 5) is 9.33. The molecule has 0 amide bonds. The van der Waals surface area contributed by atoms with Gasteiger partial charge < -0.3 is 9.80 Å². The number of hydrogen-bond acceptors (Lipinski definition) is 3. The molecule has 3 heteroatoms. The Morgan fingerprint density at radius 3 is 3.14 bits per heavy atom. The molecule has 2 heterocycles. The summed E-state index contributed by atoms with van der Waals surface area (Å²) in [6, 6.07) is 0.527. The van der Waals surface area contributed by atoms with E-state index < -0.39 is 0 Å². The second-order valence-electron chi connectivity index (χ2n) is 4.83. The number of guanidine groups is 1. The molecular weight excluding hydrogens is 174 g/mol. The first kappa shape index (κ1) is 8.33. The van der Waals surface area contributed by atoms with Crippen LogP contribution in [0.4, 0.5) is 0 Å². The molecule has 2 aliphatic heterocycles. The summed E-state index contributed by atoms with van der Waals surface area (Å²) in [6.45, 7) is 2.36. The van der Waals surface area contributed by atoms with E-state index in [9.17, 15) is 0 Å². The molecule has 3 aliphatic rings. The van der Waals surface area contributed by atoms with E-state index in [1.807, 2.05) is 0 Å². The Morgan fingerprint density at radius 1 is 1.43 bits per heavy atom. The molecule has 14 heavy (non-hydrogen) atoms. The van der Waals surface area contributed by atoms with Crippen LogP contribution >= 0.6 is 0 Å². The number of fused-ring (bicyclic) bond motifs is 3. The molecule has 0 saturated heterocycles. The quantitative estimate of drug-likeness (QED) is 0.581.